The summed E-state index contributed by atoms with van der Waals surface area (Å²) >= 11 is 0. The van der Waals surface area contributed by atoms with Gasteiger partial charge in [0.05, 0.1) is 0 Å². The molecule has 0 radical (unpaired) electrons. The van der Waals surface area contributed by atoms with E-state index in [1.54, 1.807) is 11.8 Å². The van der Waals surface area contributed by atoms with Crippen molar-refractivity contribution in [2.75, 3.05) is 26.2 Å². The van der Waals surface area contributed by atoms with Crippen LogP contribution in [0.4, 0.5) is 0 Å². The Morgan fingerprint density at radius 3 is 2.09 bits per heavy atom. The Kier molecular flexibility index (Phi) is 4.44. The summed E-state index contributed by atoms with van der Waals surface area (Å²) in [5, 5.41) is 15.6. The second-order valence-corrected chi connectivity index (χ2v) is 6.71. The molecule has 2 amide bonds. The quantitative estimate of drug-likeness (QED) is 0.835. The zero-order chi connectivity index (χ0) is 17.4. The topological polar surface area (TPSA) is 107 Å². The number of carbonyl (C=O) groups excluding carboxylic acids is 2. The third-order valence-corrected chi connectivity index (χ3v) is 3.86. The average molecular weight is 322 g/mol. The number of nitrogens with one attached hydrogen (secondary N) is 1. The van der Waals surface area contributed by atoms with E-state index in [1.165, 1.54) is 4.90 Å². The van der Waals surface area contributed by atoms with E-state index in [9.17, 15) is 19.5 Å². The number of hydrogen-bond acceptors (Lipinski definition) is 4. The average Bonchev–Trinajstić information content (AvgIpc) is 2.87. The number of carboxylic acid groups (broad SMARTS) is 1. The number of amides is 2. The molecule has 8 nitrogen and oxygen atoms in total. The van der Waals surface area contributed by atoms with E-state index in [0.29, 0.717) is 31.9 Å². The molecule has 2 N–H and O–H groups in total. The van der Waals surface area contributed by atoms with Crippen molar-refractivity contribution in [3.63, 3.8) is 0 Å². The molecule has 0 unspecified atom stereocenters. The maximum atomic E-state index is 12.5. The highest BCUT2D eigenvalue weighted by molar-refractivity contribution is 6.04. The number of nitrogens with zero attached hydrogens (tertiary/aromatic N) is 3. The van der Waals surface area contributed by atoms with Crippen LogP contribution in [0.15, 0.2) is 0 Å². The van der Waals surface area contributed by atoms with Gasteiger partial charge in [-0.3, -0.25) is 14.7 Å². The molecule has 1 aromatic heterocycles. The summed E-state index contributed by atoms with van der Waals surface area (Å²) < 4.78 is 0. The van der Waals surface area contributed by atoms with Crippen molar-refractivity contribution in [2.24, 2.45) is 5.41 Å². The van der Waals surface area contributed by atoms with Crippen molar-refractivity contribution in [3.05, 3.63) is 17.0 Å². The summed E-state index contributed by atoms with van der Waals surface area (Å²) in [5.41, 5.74) is -0.279. The van der Waals surface area contributed by atoms with Gasteiger partial charge in [-0.1, -0.05) is 20.8 Å². The smallest absolute Gasteiger partial charge is 0.340 e. The molecule has 1 aromatic rings. The SMILES string of the molecule is Cc1[nH]nc(C(=O)N2CCN(C(=O)C(C)(C)C)CC2)c1C(=O)O. The van der Waals surface area contributed by atoms with Gasteiger partial charge in [0, 0.05) is 37.3 Å². The van der Waals surface area contributed by atoms with Crippen molar-refractivity contribution in [2.45, 2.75) is 27.7 Å². The lowest BCUT2D eigenvalue weighted by atomic mass is 9.94. The molecule has 0 bridgehead atoms. The molecule has 0 saturated carbocycles. The Morgan fingerprint density at radius 1 is 1.09 bits per heavy atom. The number of rotatable bonds is 2. The first-order chi connectivity index (χ1) is 10.6. The predicted molar refractivity (Wildman–Crippen MR) is 82.2 cm³/mol. The van der Waals surface area contributed by atoms with Crippen LogP contribution in [0.2, 0.25) is 0 Å². The minimum absolute atomic E-state index is 0.0476. The number of hydrogen-bond donors (Lipinski definition) is 2. The standard InChI is InChI=1S/C15H22N4O4/c1-9-10(13(21)22)11(17-16-9)12(20)18-5-7-19(8-6-18)14(23)15(2,3)4/h5-8H2,1-4H3,(H,16,17)(H,21,22). The van der Waals surface area contributed by atoms with E-state index >= 15 is 0 Å². The zero-order valence-electron chi connectivity index (χ0n) is 13.8. The van der Waals surface area contributed by atoms with Crippen LogP contribution in [0.1, 0.15) is 47.3 Å². The summed E-state index contributed by atoms with van der Waals surface area (Å²) in [6.45, 7) is 8.75. The lowest BCUT2D eigenvalue weighted by molar-refractivity contribution is -0.140. The van der Waals surface area contributed by atoms with E-state index in [-0.39, 0.29) is 17.2 Å². The number of aryl methyl sites for hydroxylation is 1. The van der Waals surface area contributed by atoms with Gasteiger partial charge < -0.3 is 14.9 Å². The molecule has 0 aliphatic carbocycles. The molecule has 0 aromatic carbocycles. The molecular formula is C15H22N4O4. The molecular weight excluding hydrogens is 300 g/mol. The number of H-pyrrole nitrogens is 1. The molecule has 0 atom stereocenters. The van der Waals surface area contributed by atoms with Crippen LogP contribution < -0.4 is 0 Å². The van der Waals surface area contributed by atoms with Gasteiger partial charge in [0.1, 0.15) is 5.56 Å². The van der Waals surface area contributed by atoms with Crippen LogP contribution >= 0.6 is 0 Å². The Hall–Kier alpha value is -2.38. The van der Waals surface area contributed by atoms with Crippen molar-refractivity contribution in [3.8, 4) is 0 Å². The molecule has 1 fully saturated rings. The summed E-state index contributed by atoms with van der Waals surface area (Å²) in [6.07, 6.45) is 0. The lowest BCUT2D eigenvalue weighted by Crippen LogP contribution is -2.53. The maximum absolute atomic E-state index is 12.5. The van der Waals surface area contributed by atoms with Crippen molar-refractivity contribution in [1.29, 1.82) is 0 Å². The molecule has 0 spiro atoms. The van der Waals surface area contributed by atoms with E-state index < -0.39 is 17.3 Å². The number of piperazine rings is 1. The molecule has 1 aliphatic heterocycles. The first kappa shape index (κ1) is 17.0. The van der Waals surface area contributed by atoms with Gasteiger partial charge in [-0.15, -0.1) is 0 Å². The normalized spacial score (nSPS) is 15.7. The summed E-state index contributed by atoms with van der Waals surface area (Å²) in [6, 6.07) is 0. The Balaban J connectivity index is 2.08. The van der Waals surface area contributed by atoms with Gasteiger partial charge in [0.15, 0.2) is 5.69 Å². The first-order valence-corrected chi connectivity index (χ1v) is 7.50. The van der Waals surface area contributed by atoms with E-state index in [4.69, 9.17) is 0 Å². The molecule has 2 heterocycles. The maximum Gasteiger partial charge on any atom is 0.340 e. The largest absolute Gasteiger partial charge is 0.478 e. The molecule has 2 rings (SSSR count). The van der Waals surface area contributed by atoms with Crippen LogP contribution in [-0.2, 0) is 4.79 Å². The number of aromatic nitrogens is 2. The van der Waals surface area contributed by atoms with E-state index in [0.717, 1.165) is 0 Å². The van der Waals surface area contributed by atoms with Crippen LogP contribution in [0.25, 0.3) is 0 Å². The van der Waals surface area contributed by atoms with Gasteiger partial charge in [-0.05, 0) is 6.92 Å². The number of carbonyl (C=O) groups is 3. The molecule has 1 aliphatic rings. The number of aromatic amines is 1. The highest BCUT2D eigenvalue weighted by Crippen LogP contribution is 2.20. The molecule has 23 heavy (non-hydrogen) atoms. The summed E-state index contributed by atoms with van der Waals surface area (Å²) in [5.74, 6) is -1.55. The van der Waals surface area contributed by atoms with Gasteiger partial charge in [-0.2, -0.15) is 5.10 Å². The Labute approximate surface area is 134 Å². The molecule has 1 saturated heterocycles. The first-order valence-electron chi connectivity index (χ1n) is 7.50. The minimum atomic E-state index is -1.18. The van der Waals surface area contributed by atoms with Crippen LogP contribution in [0.3, 0.4) is 0 Å². The third-order valence-electron chi connectivity index (χ3n) is 3.86. The lowest BCUT2D eigenvalue weighted by Gasteiger charge is -2.37. The molecule has 8 heteroatoms. The van der Waals surface area contributed by atoms with Gasteiger partial charge in [0.2, 0.25) is 5.91 Å². The third kappa shape index (κ3) is 3.35. The monoisotopic (exact) mass is 322 g/mol. The summed E-state index contributed by atoms with van der Waals surface area (Å²) in [7, 11) is 0. The minimum Gasteiger partial charge on any atom is -0.478 e. The van der Waals surface area contributed by atoms with Crippen LogP contribution in [0.5, 0.6) is 0 Å². The fraction of sp³-hybridized carbons (Fsp3) is 0.600. The predicted octanol–water partition coefficient (Wildman–Crippen LogP) is 0.747. The van der Waals surface area contributed by atoms with E-state index in [2.05, 4.69) is 10.2 Å². The van der Waals surface area contributed by atoms with E-state index in [1.807, 2.05) is 20.8 Å². The molecule has 126 valence electrons. The highest BCUT2D eigenvalue weighted by atomic mass is 16.4. The van der Waals surface area contributed by atoms with Crippen molar-refractivity contribution < 1.29 is 19.5 Å². The Bertz CT molecular complexity index is 636. The fourth-order valence-corrected chi connectivity index (χ4v) is 2.58. The van der Waals surface area contributed by atoms with Crippen LogP contribution in [0, 0.1) is 12.3 Å². The zero-order valence-corrected chi connectivity index (χ0v) is 13.8. The van der Waals surface area contributed by atoms with Gasteiger partial charge in [-0.25, -0.2) is 4.79 Å². The fourth-order valence-electron chi connectivity index (χ4n) is 2.58. The number of carboxylic acids is 1. The number of aromatic carboxylic acids is 1. The van der Waals surface area contributed by atoms with Crippen molar-refractivity contribution in [1.82, 2.24) is 20.0 Å². The van der Waals surface area contributed by atoms with Crippen molar-refractivity contribution >= 4 is 17.8 Å². The van der Waals surface area contributed by atoms with Gasteiger partial charge >= 0.3 is 5.97 Å². The van der Waals surface area contributed by atoms with Gasteiger partial charge in [0.25, 0.3) is 5.91 Å². The second-order valence-electron chi connectivity index (χ2n) is 6.71. The second kappa shape index (κ2) is 6.02. The summed E-state index contributed by atoms with van der Waals surface area (Å²) in [4.78, 5) is 39.3. The highest BCUT2D eigenvalue weighted by Gasteiger charge is 2.33. The Morgan fingerprint density at radius 2 is 1.61 bits per heavy atom. The van der Waals surface area contributed by atoms with Crippen LogP contribution in [-0.4, -0.2) is 69.1 Å².